The van der Waals surface area contributed by atoms with E-state index >= 15 is 0 Å². The van der Waals surface area contributed by atoms with Gasteiger partial charge >= 0.3 is 0 Å². The molecular weight excluding hydrogens is 358 g/mol. The molecule has 0 aromatic heterocycles. The molecule has 114 valence electrons. The number of nitrogens with one attached hydrogen (secondary N) is 2. The van der Waals surface area contributed by atoms with Crippen molar-refractivity contribution >= 4 is 39.5 Å². The summed E-state index contributed by atoms with van der Waals surface area (Å²) in [5.41, 5.74) is 3.62. The predicted molar refractivity (Wildman–Crippen MR) is 88.1 cm³/mol. The van der Waals surface area contributed by atoms with Crippen LogP contribution in [0.4, 0.5) is 0 Å². The Morgan fingerprint density at radius 1 is 1.52 bits per heavy atom. The number of benzene rings is 1. The van der Waals surface area contributed by atoms with E-state index in [1.165, 1.54) is 0 Å². The lowest BCUT2D eigenvalue weighted by molar-refractivity contribution is 0.174. The molecule has 21 heavy (non-hydrogen) atoms. The minimum Gasteiger partial charge on any atom is -0.454 e. The molecule has 0 saturated heterocycles. The normalized spacial score (nSPS) is 14.2. The topological polar surface area (TPSA) is 64.1 Å². The summed E-state index contributed by atoms with van der Waals surface area (Å²) < 4.78 is 16.5. The standard InChI is InChI=1S/C13H16BrN3O3S/c1-8(6-18-2)16-13(21)17-15-5-9-3-11-12(4-10(9)14)20-7-19-11/h3-5,8H,6-7H2,1-2H3,(H2,16,17,21)/b15-5-/t8-/m0/s1. The van der Waals surface area contributed by atoms with Crippen LogP contribution in [0.25, 0.3) is 0 Å². The number of fused-ring (bicyclic) bond motifs is 1. The van der Waals surface area contributed by atoms with Crippen LogP contribution >= 0.6 is 28.1 Å². The second-order valence-corrected chi connectivity index (χ2v) is 5.69. The fraction of sp³-hybridized carbons (Fsp3) is 0.385. The summed E-state index contributed by atoms with van der Waals surface area (Å²) in [4.78, 5) is 0. The third-order valence-electron chi connectivity index (χ3n) is 2.66. The zero-order valence-electron chi connectivity index (χ0n) is 11.7. The van der Waals surface area contributed by atoms with Crippen molar-refractivity contribution < 1.29 is 14.2 Å². The maximum atomic E-state index is 5.32. The number of nitrogens with zero attached hydrogens (tertiary/aromatic N) is 1. The van der Waals surface area contributed by atoms with E-state index in [-0.39, 0.29) is 12.8 Å². The Bertz CT molecular complexity index is 554. The Morgan fingerprint density at radius 2 is 2.24 bits per heavy atom. The molecule has 1 heterocycles. The molecule has 0 fully saturated rings. The monoisotopic (exact) mass is 373 g/mol. The number of ether oxygens (including phenoxy) is 3. The molecule has 1 aliphatic rings. The molecule has 2 rings (SSSR count). The Hall–Kier alpha value is -1.38. The first-order valence-electron chi connectivity index (χ1n) is 6.28. The molecule has 1 aliphatic heterocycles. The van der Waals surface area contributed by atoms with E-state index in [4.69, 9.17) is 26.4 Å². The van der Waals surface area contributed by atoms with Gasteiger partial charge in [0, 0.05) is 23.2 Å². The average molecular weight is 374 g/mol. The van der Waals surface area contributed by atoms with Crippen LogP contribution in [-0.4, -0.2) is 37.9 Å². The predicted octanol–water partition coefficient (Wildman–Crippen LogP) is 2.01. The van der Waals surface area contributed by atoms with Crippen LogP contribution in [0.1, 0.15) is 12.5 Å². The summed E-state index contributed by atoms with van der Waals surface area (Å²) in [6, 6.07) is 3.81. The van der Waals surface area contributed by atoms with Crippen molar-refractivity contribution in [2.24, 2.45) is 5.10 Å². The first-order valence-corrected chi connectivity index (χ1v) is 7.48. The summed E-state index contributed by atoms with van der Waals surface area (Å²) in [5, 5.41) is 7.58. The number of rotatable bonds is 5. The minimum absolute atomic E-state index is 0.113. The first kappa shape index (κ1) is 16.0. The van der Waals surface area contributed by atoms with Crippen molar-refractivity contribution in [3.63, 3.8) is 0 Å². The highest BCUT2D eigenvalue weighted by Crippen LogP contribution is 2.36. The quantitative estimate of drug-likeness (QED) is 0.467. The molecule has 0 spiro atoms. The zero-order chi connectivity index (χ0) is 15.2. The Labute approximate surface area is 137 Å². The number of methoxy groups -OCH3 is 1. The average Bonchev–Trinajstić information content (AvgIpc) is 2.86. The van der Waals surface area contributed by atoms with Gasteiger partial charge in [-0.05, 0) is 47.2 Å². The minimum atomic E-state index is 0.113. The van der Waals surface area contributed by atoms with E-state index < -0.39 is 0 Å². The molecule has 0 bridgehead atoms. The van der Waals surface area contributed by atoms with Crippen LogP contribution in [0.3, 0.4) is 0 Å². The molecule has 0 unspecified atom stereocenters. The van der Waals surface area contributed by atoms with Crippen molar-refractivity contribution in [1.82, 2.24) is 10.7 Å². The third kappa shape index (κ3) is 4.55. The molecule has 6 nitrogen and oxygen atoms in total. The molecule has 2 N–H and O–H groups in total. The fourth-order valence-corrected chi connectivity index (χ4v) is 2.42. The van der Waals surface area contributed by atoms with Gasteiger partial charge in [0.2, 0.25) is 6.79 Å². The van der Waals surface area contributed by atoms with E-state index in [1.54, 1.807) is 13.3 Å². The van der Waals surface area contributed by atoms with E-state index in [2.05, 4.69) is 31.8 Å². The Kier molecular flexibility index (Phi) is 5.77. The smallest absolute Gasteiger partial charge is 0.231 e. The van der Waals surface area contributed by atoms with Gasteiger partial charge in [-0.1, -0.05) is 0 Å². The number of thiocarbonyl (C=S) groups is 1. The molecule has 8 heteroatoms. The summed E-state index contributed by atoms with van der Waals surface area (Å²) in [5.74, 6) is 1.42. The van der Waals surface area contributed by atoms with Crippen LogP contribution in [0, 0.1) is 0 Å². The zero-order valence-corrected chi connectivity index (χ0v) is 14.1. The lowest BCUT2D eigenvalue weighted by Crippen LogP contribution is -2.40. The van der Waals surface area contributed by atoms with Crippen molar-refractivity contribution in [2.45, 2.75) is 13.0 Å². The summed E-state index contributed by atoms with van der Waals surface area (Å²) >= 11 is 8.58. The van der Waals surface area contributed by atoms with Gasteiger partial charge in [0.15, 0.2) is 16.6 Å². The van der Waals surface area contributed by atoms with Crippen molar-refractivity contribution in [2.75, 3.05) is 20.5 Å². The van der Waals surface area contributed by atoms with Crippen molar-refractivity contribution in [1.29, 1.82) is 0 Å². The Balaban J connectivity index is 1.91. The van der Waals surface area contributed by atoms with E-state index in [1.807, 2.05) is 19.1 Å². The van der Waals surface area contributed by atoms with Crippen LogP contribution < -0.4 is 20.2 Å². The lowest BCUT2D eigenvalue weighted by Gasteiger charge is -2.13. The number of hydrogen-bond acceptors (Lipinski definition) is 5. The van der Waals surface area contributed by atoms with Gasteiger partial charge < -0.3 is 19.5 Å². The van der Waals surface area contributed by atoms with Crippen LogP contribution in [-0.2, 0) is 4.74 Å². The second-order valence-electron chi connectivity index (χ2n) is 4.43. The third-order valence-corrected chi connectivity index (χ3v) is 3.55. The number of hydrogen-bond donors (Lipinski definition) is 2. The van der Waals surface area contributed by atoms with Crippen molar-refractivity contribution in [3.8, 4) is 11.5 Å². The summed E-state index contributed by atoms with van der Waals surface area (Å²) in [6.07, 6.45) is 1.65. The summed E-state index contributed by atoms with van der Waals surface area (Å²) in [7, 11) is 1.64. The van der Waals surface area contributed by atoms with E-state index in [0.717, 1.165) is 15.8 Å². The number of hydrazone groups is 1. The largest absolute Gasteiger partial charge is 0.454 e. The van der Waals surface area contributed by atoms with Gasteiger partial charge in [0.1, 0.15) is 0 Å². The van der Waals surface area contributed by atoms with Gasteiger partial charge in [-0.15, -0.1) is 0 Å². The number of halogens is 1. The van der Waals surface area contributed by atoms with Gasteiger partial charge in [-0.25, -0.2) is 0 Å². The van der Waals surface area contributed by atoms with Gasteiger partial charge in [0.05, 0.1) is 12.8 Å². The van der Waals surface area contributed by atoms with Crippen molar-refractivity contribution in [3.05, 3.63) is 22.2 Å². The Morgan fingerprint density at radius 3 is 2.95 bits per heavy atom. The van der Waals surface area contributed by atoms with E-state index in [9.17, 15) is 0 Å². The molecule has 0 radical (unpaired) electrons. The molecule has 1 atom stereocenters. The summed E-state index contributed by atoms with van der Waals surface area (Å²) in [6.45, 7) is 2.78. The van der Waals surface area contributed by atoms with Gasteiger partial charge in [-0.3, -0.25) is 5.43 Å². The fourth-order valence-electron chi connectivity index (χ4n) is 1.74. The van der Waals surface area contributed by atoms with Gasteiger partial charge in [-0.2, -0.15) is 5.10 Å². The SMILES string of the molecule is COC[C@H](C)NC(=S)N/N=C\c1cc2c(cc1Br)OCO2. The molecule has 0 amide bonds. The van der Waals surface area contributed by atoms with Crippen LogP contribution in [0.5, 0.6) is 11.5 Å². The molecule has 0 aliphatic carbocycles. The molecule has 1 aromatic rings. The van der Waals surface area contributed by atoms with Gasteiger partial charge in [0.25, 0.3) is 0 Å². The second kappa shape index (κ2) is 7.58. The lowest BCUT2D eigenvalue weighted by atomic mass is 10.2. The maximum absolute atomic E-state index is 5.32. The molecular formula is C13H16BrN3O3S. The van der Waals surface area contributed by atoms with Crippen LogP contribution in [0.2, 0.25) is 0 Å². The highest BCUT2D eigenvalue weighted by molar-refractivity contribution is 9.10. The highest BCUT2D eigenvalue weighted by atomic mass is 79.9. The van der Waals surface area contributed by atoms with Crippen LogP contribution in [0.15, 0.2) is 21.7 Å². The first-order chi connectivity index (χ1) is 10.1. The van der Waals surface area contributed by atoms with E-state index in [0.29, 0.717) is 17.5 Å². The molecule has 1 aromatic carbocycles. The maximum Gasteiger partial charge on any atom is 0.231 e. The highest BCUT2D eigenvalue weighted by Gasteiger charge is 2.15. The molecule has 0 saturated carbocycles.